The van der Waals surface area contributed by atoms with Crippen LogP contribution in [0.25, 0.3) is 0 Å². The van der Waals surface area contributed by atoms with Crippen molar-refractivity contribution in [2.45, 2.75) is 33.1 Å². The maximum Gasteiger partial charge on any atom is 0.119 e. The van der Waals surface area contributed by atoms with E-state index in [1.807, 2.05) is 0 Å². The first-order valence-corrected chi connectivity index (χ1v) is 6.94. The van der Waals surface area contributed by atoms with Crippen molar-refractivity contribution in [1.82, 2.24) is 4.90 Å². The van der Waals surface area contributed by atoms with Crippen molar-refractivity contribution < 1.29 is 4.74 Å². The van der Waals surface area contributed by atoms with Crippen molar-refractivity contribution in [3.63, 3.8) is 0 Å². The minimum atomic E-state index is 0.704. The van der Waals surface area contributed by atoms with E-state index in [-0.39, 0.29) is 0 Å². The second-order valence-electron chi connectivity index (χ2n) is 5.58. The summed E-state index contributed by atoms with van der Waals surface area (Å²) in [4.78, 5) is 2.23. The Morgan fingerprint density at radius 2 is 1.78 bits per heavy atom. The molecule has 0 saturated carbocycles. The zero-order chi connectivity index (χ0) is 13.4. The van der Waals surface area contributed by atoms with E-state index in [1.165, 1.54) is 12.0 Å². The Morgan fingerprint density at radius 1 is 1.11 bits per heavy atom. The number of nitrogens with zero attached hydrogens (tertiary/aromatic N) is 1. The van der Waals surface area contributed by atoms with Gasteiger partial charge >= 0.3 is 0 Å². The molecule has 0 amide bonds. The number of ether oxygens (including phenoxy) is 1. The second kappa shape index (κ2) is 8.15. The molecule has 0 radical (unpaired) electrons. The Morgan fingerprint density at radius 3 is 2.33 bits per heavy atom. The Kier molecular flexibility index (Phi) is 6.81. The largest absolute Gasteiger partial charge is 0.494 e. The molecule has 2 heteroatoms. The van der Waals surface area contributed by atoms with Crippen LogP contribution in [0, 0.1) is 5.92 Å². The summed E-state index contributed by atoms with van der Waals surface area (Å²) in [7, 11) is 4.23. The zero-order valence-electron chi connectivity index (χ0n) is 12.3. The Labute approximate surface area is 112 Å². The van der Waals surface area contributed by atoms with Gasteiger partial charge in [-0.25, -0.2) is 0 Å². The quantitative estimate of drug-likeness (QED) is 0.698. The van der Waals surface area contributed by atoms with Gasteiger partial charge < -0.3 is 9.64 Å². The molecular weight excluding hydrogens is 222 g/mol. The average Bonchev–Trinajstić information content (AvgIpc) is 2.30. The summed E-state index contributed by atoms with van der Waals surface area (Å²) in [6.07, 6.45) is 3.47. The van der Waals surface area contributed by atoms with Crippen LogP contribution >= 0.6 is 0 Å². The van der Waals surface area contributed by atoms with Gasteiger partial charge in [0.25, 0.3) is 0 Å². The summed E-state index contributed by atoms with van der Waals surface area (Å²) < 4.78 is 5.71. The number of aryl methyl sites for hydroxylation is 1. The highest BCUT2D eigenvalue weighted by Crippen LogP contribution is 2.14. The van der Waals surface area contributed by atoms with Crippen LogP contribution < -0.4 is 4.74 Å². The van der Waals surface area contributed by atoms with Crippen LogP contribution in [0.3, 0.4) is 0 Å². The Hall–Kier alpha value is -1.02. The Balaban J connectivity index is 2.28. The van der Waals surface area contributed by atoms with Crippen molar-refractivity contribution in [1.29, 1.82) is 0 Å². The molecule has 0 aromatic heterocycles. The minimum absolute atomic E-state index is 0.704. The number of hydrogen-bond acceptors (Lipinski definition) is 2. The molecule has 0 N–H and O–H groups in total. The maximum absolute atomic E-state index is 5.71. The molecule has 18 heavy (non-hydrogen) atoms. The zero-order valence-corrected chi connectivity index (χ0v) is 12.3. The molecular formula is C16H27NO. The van der Waals surface area contributed by atoms with Gasteiger partial charge in [0.2, 0.25) is 0 Å². The normalized spacial score (nSPS) is 11.2. The molecule has 0 heterocycles. The van der Waals surface area contributed by atoms with Gasteiger partial charge in [0.1, 0.15) is 5.75 Å². The van der Waals surface area contributed by atoms with Crippen molar-refractivity contribution in [3.8, 4) is 5.75 Å². The van der Waals surface area contributed by atoms with Crippen LogP contribution in [0.2, 0.25) is 0 Å². The van der Waals surface area contributed by atoms with Gasteiger partial charge in [-0.2, -0.15) is 0 Å². The molecule has 1 aromatic carbocycles. The second-order valence-corrected chi connectivity index (χ2v) is 5.58. The van der Waals surface area contributed by atoms with Gasteiger partial charge in [-0.3, -0.25) is 0 Å². The van der Waals surface area contributed by atoms with Gasteiger partial charge in [0.15, 0.2) is 0 Å². The van der Waals surface area contributed by atoms with E-state index >= 15 is 0 Å². The van der Waals surface area contributed by atoms with Crippen LogP contribution in [-0.2, 0) is 6.42 Å². The predicted octanol–water partition coefficient (Wildman–Crippen LogP) is 3.61. The van der Waals surface area contributed by atoms with Gasteiger partial charge in [-0.15, -0.1) is 0 Å². The van der Waals surface area contributed by atoms with Crippen LogP contribution in [0.5, 0.6) is 5.75 Å². The van der Waals surface area contributed by atoms with E-state index in [4.69, 9.17) is 4.74 Å². The molecule has 0 saturated heterocycles. The maximum atomic E-state index is 5.71. The smallest absolute Gasteiger partial charge is 0.119 e. The summed E-state index contributed by atoms with van der Waals surface area (Å²) in [5.41, 5.74) is 1.40. The van der Waals surface area contributed by atoms with Crippen molar-refractivity contribution >= 4 is 0 Å². The van der Waals surface area contributed by atoms with Crippen molar-refractivity contribution in [3.05, 3.63) is 29.8 Å². The molecule has 0 spiro atoms. The van der Waals surface area contributed by atoms with E-state index in [1.54, 1.807) is 0 Å². The standard InChI is InChI=1S/C16H27NO/c1-14(2)11-13-18-16-9-7-15(8-10-16)6-5-12-17(3)4/h7-10,14H,5-6,11-13H2,1-4H3. The fraction of sp³-hybridized carbons (Fsp3) is 0.625. The monoisotopic (exact) mass is 249 g/mol. The molecule has 0 unspecified atom stereocenters. The van der Waals surface area contributed by atoms with E-state index in [0.717, 1.165) is 31.7 Å². The number of rotatable bonds is 8. The Bertz CT molecular complexity index is 283. The summed E-state index contributed by atoms with van der Waals surface area (Å²) >= 11 is 0. The molecule has 0 aliphatic carbocycles. The lowest BCUT2D eigenvalue weighted by atomic mass is 10.1. The average molecular weight is 249 g/mol. The van der Waals surface area contributed by atoms with Crippen molar-refractivity contribution in [2.75, 3.05) is 27.2 Å². The lowest BCUT2D eigenvalue weighted by Crippen LogP contribution is -2.13. The number of hydrogen-bond donors (Lipinski definition) is 0. The van der Waals surface area contributed by atoms with E-state index in [2.05, 4.69) is 57.1 Å². The molecule has 102 valence electrons. The molecule has 1 rings (SSSR count). The third kappa shape index (κ3) is 6.65. The first kappa shape index (κ1) is 15.0. The topological polar surface area (TPSA) is 12.5 Å². The summed E-state index contributed by atoms with van der Waals surface area (Å²) in [6, 6.07) is 8.54. The van der Waals surface area contributed by atoms with Gasteiger partial charge in [0.05, 0.1) is 6.61 Å². The third-order valence-electron chi connectivity index (χ3n) is 2.96. The van der Waals surface area contributed by atoms with Crippen molar-refractivity contribution in [2.24, 2.45) is 5.92 Å². The summed E-state index contributed by atoms with van der Waals surface area (Å²) in [5, 5.41) is 0. The summed E-state index contributed by atoms with van der Waals surface area (Å²) in [6.45, 7) is 6.40. The minimum Gasteiger partial charge on any atom is -0.494 e. The molecule has 0 bridgehead atoms. The highest BCUT2D eigenvalue weighted by Gasteiger charge is 1.98. The molecule has 0 aliphatic rings. The lowest BCUT2D eigenvalue weighted by Gasteiger charge is -2.10. The highest BCUT2D eigenvalue weighted by molar-refractivity contribution is 5.27. The third-order valence-corrected chi connectivity index (χ3v) is 2.96. The molecule has 2 nitrogen and oxygen atoms in total. The van der Waals surface area contributed by atoms with Crippen LogP contribution in [0.4, 0.5) is 0 Å². The lowest BCUT2D eigenvalue weighted by molar-refractivity contribution is 0.289. The fourth-order valence-corrected chi connectivity index (χ4v) is 1.76. The van der Waals surface area contributed by atoms with E-state index in [0.29, 0.717) is 5.92 Å². The van der Waals surface area contributed by atoms with Crippen LogP contribution in [-0.4, -0.2) is 32.1 Å². The predicted molar refractivity (Wildman–Crippen MR) is 78.3 cm³/mol. The fourth-order valence-electron chi connectivity index (χ4n) is 1.76. The SMILES string of the molecule is CC(C)CCOc1ccc(CCCN(C)C)cc1. The number of benzene rings is 1. The molecule has 1 aromatic rings. The van der Waals surface area contributed by atoms with E-state index in [9.17, 15) is 0 Å². The molecule has 0 atom stereocenters. The molecule has 0 aliphatic heterocycles. The van der Waals surface area contributed by atoms with Crippen LogP contribution in [0.1, 0.15) is 32.3 Å². The summed E-state index contributed by atoms with van der Waals surface area (Å²) in [5.74, 6) is 1.70. The van der Waals surface area contributed by atoms with Crippen LogP contribution in [0.15, 0.2) is 24.3 Å². The van der Waals surface area contributed by atoms with E-state index < -0.39 is 0 Å². The van der Waals surface area contributed by atoms with Gasteiger partial charge in [-0.05, 0) is 63.5 Å². The van der Waals surface area contributed by atoms with Gasteiger partial charge in [-0.1, -0.05) is 26.0 Å². The molecule has 0 fully saturated rings. The first-order chi connectivity index (χ1) is 8.58. The highest BCUT2D eigenvalue weighted by atomic mass is 16.5. The van der Waals surface area contributed by atoms with Gasteiger partial charge in [0, 0.05) is 0 Å². The first-order valence-electron chi connectivity index (χ1n) is 6.94.